The van der Waals surface area contributed by atoms with Crippen LogP contribution in [-0.2, 0) is 0 Å². The normalized spacial score (nSPS) is 9.95. The third-order valence-electron chi connectivity index (χ3n) is 2.48. The molecule has 0 bridgehead atoms. The molecule has 2 rings (SSSR count). The summed E-state index contributed by atoms with van der Waals surface area (Å²) >= 11 is 4.86. The number of ether oxygens (including phenoxy) is 1. The van der Waals surface area contributed by atoms with Gasteiger partial charge in [-0.1, -0.05) is 18.3 Å². The van der Waals surface area contributed by atoms with Gasteiger partial charge in [-0.15, -0.1) is 0 Å². The average Bonchev–Trinajstić information content (AvgIpc) is 2.87. The van der Waals surface area contributed by atoms with Gasteiger partial charge >= 0.3 is 0 Å². The minimum absolute atomic E-state index is 0.162. The number of hydrogen-bond acceptors (Lipinski definition) is 4. The van der Waals surface area contributed by atoms with E-state index in [0.29, 0.717) is 22.7 Å². The highest BCUT2D eigenvalue weighted by Crippen LogP contribution is 2.16. The van der Waals surface area contributed by atoms with Gasteiger partial charge in [-0.05, 0) is 18.2 Å². The van der Waals surface area contributed by atoms with E-state index < -0.39 is 0 Å². The van der Waals surface area contributed by atoms with E-state index in [0.717, 1.165) is 0 Å². The molecule has 0 aliphatic heterocycles. The molecular formula is C12H12N4O2S. The molecule has 0 aliphatic rings. The molecule has 1 heterocycles. The Morgan fingerprint density at radius 1 is 1.53 bits per heavy atom. The van der Waals surface area contributed by atoms with Crippen LogP contribution in [-0.4, -0.2) is 28.2 Å². The number of rotatable bonds is 4. The number of H-pyrrole nitrogens is 1. The number of benzene rings is 1. The summed E-state index contributed by atoms with van der Waals surface area (Å²) in [6.07, 6.45) is 1.46. The van der Waals surface area contributed by atoms with Crippen LogP contribution >= 0.6 is 12.2 Å². The predicted molar refractivity (Wildman–Crippen MR) is 75.4 cm³/mol. The van der Waals surface area contributed by atoms with E-state index in [4.69, 9.17) is 22.7 Å². The Labute approximate surface area is 115 Å². The van der Waals surface area contributed by atoms with E-state index in [2.05, 4.69) is 15.5 Å². The number of nitrogens with zero attached hydrogens (tertiary/aromatic N) is 1. The maximum absolute atomic E-state index is 12.1. The molecule has 0 aliphatic carbocycles. The minimum Gasteiger partial charge on any atom is -0.497 e. The summed E-state index contributed by atoms with van der Waals surface area (Å²) in [5.74, 6) is 0.674. The van der Waals surface area contributed by atoms with Crippen molar-refractivity contribution in [3.63, 3.8) is 0 Å². The molecule has 7 heteroatoms. The Morgan fingerprint density at radius 2 is 2.32 bits per heavy atom. The van der Waals surface area contributed by atoms with Gasteiger partial charge in [0.05, 0.1) is 18.9 Å². The van der Waals surface area contributed by atoms with Crippen molar-refractivity contribution in [3.8, 4) is 5.75 Å². The number of hydrogen-bond donors (Lipinski definition) is 3. The number of carbonyl (C=O) groups excluding carboxylic acids is 1. The zero-order valence-electron chi connectivity index (χ0n) is 10.1. The molecule has 1 aromatic carbocycles. The van der Waals surface area contributed by atoms with Crippen molar-refractivity contribution in [2.45, 2.75) is 0 Å². The summed E-state index contributed by atoms with van der Waals surface area (Å²) in [6, 6.07) is 6.80. The van der Waals surface area contributed by atoms with Crippen LogP contribution in [0.1, 0.15) is 15.9 Å². The summed E-state index contributed by atoms with van der Waals surface area (Å²) in [4.78, 5) is 12.2. The first-order chi connectivity index (χ1) is 9.11. The number of thiocarbonyl (C=S) groups is 1. The number of nitrogens with two attached hydrogens (primary N) is 1. The van der Waals surface area contributed by atoms with Crippen LogP contribution in [0.4, 0.5) is 5.82 Å². The Bertz CT molecular complexity index is 624. The van der Waals surface area contributed by atoms with Crippen molar-refractivity contribution >= 4 is 28.9 Å². The number of anilines is 1. The van der Waals surface area contributed by atoms with E-state index in [1.165, 1.54) is 13.3 Å². The van der Waals surface area contributed by atoms with Crippen LogP contribution in [0.15, 0.2) is 30.5 Å². The van der Waals surface area contributed by atoms with Crippen LogP contribution in [0.25, 0.3) is 0 Å². The number of carbonyl (C=O) groups is 1. The van der Waals surface area contributed by atoms with Gasteiger partial charge in [0.25, 0.3) is 5.91 Å². The Hall–Kier alpha value is -2.41. The van der Waals surface area contributed by atoms with E-state index >= 15 is 0 Å². The zero-order chi connectivity index (χ0) is 13.8. The number of nitrogens with one attached hydrogen (secondary N) is 2. The highest BCUT2D eigenvalue weighted by Gasteiger charge is 2.12. The predicted octanol–water partition coefficient (Wildman–Crippen LogP) is 1.30. The summed E-state index contributed by atoms with van der Waals surface area (Å²) in [5, 5.41) is 9.09. The molecule has 98 valence electrons. The molecule has 0 atom stereocenters. The fraction of sp³-hybridized carbons (Fsp3) is 0.0833. The SMILES string of the molecule is COc1cccc(C(=O)Nc2[nH]ncc2C(N)=S)c1. The van der Waals surface area contributed by atoms with Gasteiger partial charge in [-0.25, -0.2) is 0 Å². The Balaban J connectivity index is 2.20. The van der Waals surface area contributed by atoms with Gasteiger partial charge in [0.1, 0.15) is 16.6 Å². The lowest BCUT2D eigenvalue weighted by molar-refractivity contribution is 0.102. The largest absolute Gasteiger partial charge is 0.497 e. The third kappa shape index (κ3) is 2.89. The number of aromatic nitrogens is 2. The topological polar surface area (TPSA) is 93.0 Å². The fourth-order valence-electron chi connectivity index (χ4n) is 1.52. The minimum atomic E-state index is -0.305. The third-order valence-corrected chi connectivity index (χ3v) is 2.70. The summed E-state index contributed by atoms with van der Waals surface area (Å²) in [7, 11) is 1.54. The molecule has 0 radical (unpaired) electrons. The van der Waals surface area contributed by atoms with Crippen LogP contribution in [0.2, 0.25) is 0 Å². The smallest absolute Gasteiger partial charge is 0.256 e. The van der Waals surface area contributed by atoms with E-state index in [9.17, 15) is 4.79 Å². The van der Waals surface area contributed by atoms with Crippen LogP contribution in [0.5, 0.6) is 5.75 Å². The second-order valence-corrected chi connectivity index (χ2v) is 4.15. The molecule has 1 aromatic heterocycles. The molecular weight excluding hydrogens is 264 g/mol. The first-order valence-electron chi connectivity index (χ1n) is 5.40. The van der Waals surface area contributed by atoms with Crippen molar-refractivity contribution in [2.24, 2.45) is 5.73 Å². The van der Waals surface area contributed by atoms with Crippen molar-refractivity contribution in [1.82, 2.24) is 10.2 Å². The lowest BCUT2D eigenvalue weighted by atomic mass is 10.2. The van der Waals surface area contributed by atoms with Crippen molar-refractivity contribution < 1.29 is 9.53 Å². The highest BCUT2D eigenvalue weighted by molar-refractivity contribution is 7.80. The second-order valence-electron chi connectivity index (χ2n) is 3.71. The maximum atomic E-state index is 12.1. The lowest BCUT2D eigenvalue weighted by Gasteiger charge is -2.06. The molecule has 4 N–H and O–H groups in total. The summed E-state index contributed by atoms with van der Waals surface area (Å²) in [5.41, 5.74) is 6.47. The number of methoxy groups -OCH3 is 1. The van der Waals surface area contributed by atoms with Gasteiger partial charge in [0.15, 0.2) is 0 Å². The maximum Gasteiger partial charge on any atom is 0.256 e. The molecule has 0 fully saturated rings. The highest BCUT2D eigenvalue weighted by atomic mass is 32.1. The van der Waals surface area contributed by atoms with Crippen LogP contribution in [0, 0.1) is 0 Å². The molecule has 2 aromatic rings. The van der Waals surface area contributed by atoms with Gasteiger partial charge < -0.3 is 15.8 Å². The molecule has 0 saturated heterocycles. The van der Waals surface area contributed by atoms with Crippen LogP contribution < -0.4 is 15.8 Å². The first-order valence-corrected chi connectivity index (χ1v) is 5.81. The quantitative estimate of drug-likeness (QED) is 0.732. The molecule has 0 spiro atoms. The molecule has 0 saturated carbocycles. The molecule has 1 amide bonds. The molecule has 0 unspecified atom stereocenters. The number of aromatic amines is 1. The zero-order valence-corrected chi connectivity index (χ0v) is 11.0. The summed E-state index contributed by atoms with van der Waals surface area (Å²) in [6.45, 7) is 0. The second kappa shape index (κ2) is 5.49. The van der Waals surface area contributed by atoms with Gasteiger partial charge in [-0.3, -0.25) is 9.89 Å². The van der Waals surface area contributed by atoms with Crippen molar-refractivity contribution in [2.75, 3.05) is 12.4 Å². The van der Waals surface area contributed by atoms with Crippen molar-refractivity contribution in [3.05, 3.63) is 41.6 Å². The summed E-state index contributed by atoms with van der Waals surface area (Å²) < 4.78 is 5.06. The van der Waals surface area contributed by atoms with Gasteiger partial charge in [0, 0.05) is 5.56 Å². The average molecular weight is 276 g/mol. The standard InChI is InChI=1S/C12H12N4O2S/c1-18-8-4-2-3-7(5-8)12(17)15-11-9(10(13)19)6-14-16-11/h2-6H,1H3,(H2,13,19)(H2,14,15,16,17). The van der Waals surface area contributed by atoms with E-state index in [-0.39, 0.29) is 10.9 Å². The Morgan fingerprint density at radius 3 is 3.00 bits per heavy atom. The van der Waals surface area contributed by atoms with E-state index in [1.54, 1.807) is 24.3 Å². The fourth-order valence-corrected chi connectivity index (χ4v) is 1.67. The number of amides is 1. The Kier molecular flexibility index (Phi) is 3.76. The molecule has 19 heavy (non-hydrogen) atoms. The van der Waals surface area contributed by atoms with E-state index in [1.807, 2.05) is 0 Å². The first kappa shape index (κ1) is 13.0. The monoisotopic (exact) mass is 276 g/mol. The lowest BCUT2D eigenvalue weighted by Crippen LogP contribution is -2.17. The van der Waals surface area contributed by atoms with Gasteiger partial charge in [0.2, 0.25) is 0 Å². The van der Waals surface area contributed by atoms with Gasteiger partial charge in [-0.2, -0.15) is 5.10 Å². The van der Waals surface area contributed by atoms with Crippen LogP contribution in [0.3, 0.4) is 0 Å². The van der Waals surface area contributed by atoms with Crippen molar-refractivity contribution in [1.29, 1.82) is 0 Å². The molecule has 6 nitrogen and oxygen atoms in total.